The van der Waals surface area contributed by atoms with E-state index >= 15 is 0 Å². The molecule has 0 unspecified atom stereocenters. The van der Waals surface area contributed by atoms with Crippen molar-refractivity contribution in [3.05, 3.63) is 58.9 Å². The number of nitrogens with one attached hydrogen (secondary N) is 2. The maximum atomic E-state index is 12.5. The van der Waals surface area contributed by atoms with Crippen molar-refractivity contribution >= 4 is 46.6 Å². The van der Waals surface area contributed by atoms with Gasteiger partial charge in [-0.2, -0.15) is 0 Å². The van der Waals surface area contributed by atoms with Crippen LogP contribution in [0.25, 0.3) is 5.69 Å². The van der Waals surface area contributed by atoms with Crippen molar-refractivity contribution in [3.8, 4) is 5.69 Å². The fraction of sp³-hybridized carbons (Fsp3) is 0.273. The van der Waals surface area contributed by atoms with Crippen LogP contribution in [0.4, 0.5) is 11.4 Å². The molecule has 0 saturated heterocycles. The number of halogens is 1. The van der Waals surface area contributed by atoms with Crippen molar-refractivity contribution in [2.45, 2.75) is 37.8 Å². The summed E-state index contributed by atoms with van der Waals surface area (Å²) in [4.78, 5) is 24.0. The summed E-state index contributed by atoms with van der Waals surface area (Å²) in [5.41, 5.74) is 3.08. The molecule has 1 fully saturated rings. The van der Waals surface area contributed by atoms with E-state index in [0.717, 1.165) is 29.9 Å². The first-order chi connectivity index (χ1) is 14.9. The zero-order valence-corrected chi connectivity index (χ0v) is 18.8. The van der Waals surface area contributed by atoms with Gasteiger partial charge in [0.1, 0.15) is 5.82 Å². The zero-order chi connectivity index (χ0) is 22.0. The Hall–Kier alpha value is -2.84. The molecule has 1 aliphatic carbocycles. The van der Waals surface area contributed by atoms with Crippen LogP contribution in [-0.4, -0.2) is 32.3 Å². The van der Waals surface area contributed by atoms with E-state index in [1.807, 2.05) is 41.8 Å². The molecule has 1 saturated carbocycles. The van der Waals surface area contributed by atoms with Gasteiger partial charge in [0, 0.05) is 29.2 Å². The average molecular weight is 456 g/mol. The van der Waals surface area contributed by atoms with Gasteiger partial charge in [0.15, 0.2) is 5.16 Å². The lowest BCUT2D eigenvalue weighted by Gasteiger charge is -2.12. The van der Waals surface area contributed by atoms with Crippen molar-refractivity contribution in [2.24, 2.45) is 0 Å². The van der Waals surface area contributed by atoms with E-state index in [0.29, 0.717) is 27.5 Å². The first-order valence-corrected chi connectivity index (χ1v) is 11.3. The molecule has 3 aromatic rings. The fourth-order valence-electron chi connectivity index (χ4n) is 3.21. The predicted molar refractivity (Wildman–Crippen MR) is 123 cm³/mol. The van der Waals surface area contributed by atoms with Gasteiger partial charge in [-0.15, -0.1) is 10.2 Å². The number of benzene rings is 2. The fourth-order valence-corrected chi connectivity index (χ4v) is 4.14. The molecule has 2 aromatic carbocycles. The van der Waals surface area contributed by atoms with E-state index in [2.05, 4.69) is 20.8 Å². The molecule has 1 heterocycles. The van der Waals surface area contributed by atoms with Crippen molar-refractivity contribution in [1.82, 2.24) is 14.8 Å². The number of carbonyl (C=O) groups is 2. The van der Waals surface area contributed by atoms with Crippen LogP contribution in [-0.2, 0) is 9.59 Å². The first-order valence-electron chi connectivity index (χ1n) is 9.93. The summed E-state index contributed by atoms with van der Waals surface area (Å²) < 4.78 is 1.98. The van der Waals surface area contributed by atoms with Gasteiger partial charge in [-0.3, -0.25) is 14.2 Å². The van der Waals surface area contributed by atoms with E-state index in [1.54, 1.807) is 12.1 Å². The van der Waals surface area contributed by atoms with Gasteiger partial charge in [0.2, 0.25) is 11.8 Å². The van der Waals surface area contributed by atoms with E-state index < -0.39 is 0 Å². The normalized spacial score (nSPS) is 13.1. The number of amides is 2. The lowest BCUT2D eigenvalue weighted by molar-refractivity contribution is -0.114. The molecular formula is C22H22ClN5O2S. The molecule has 1 aliphatic rings. The van der Waals surface area contributed by atoms with Crippen LogP contribution < -0.4 is 10.6 Å². The number of nitrogens with zero attached hydrogens (tertiary/aromatic N) is 3. The number of aromatic nitrogens is 3. The van der Waals surface area contributed by atoms with Gasteiger partial charge in [0.25, 0.3) is 0 Å². The second-order valence-corrected chi connectivity index (χ2v) is 8.78. The van der Waals surface area contributed by atoms with E-state index in [1.165, 1.54) is 18.7 Å². The molecular weight excluding hydrogens is 434 g/mol. The molecule has 160 valence electrons. The van der Waals surface area contributed by atoms with Crippen molar-refractivity contribution in [3.63, 3.8) is 0 Å². The van der Waals surface area contributed by atoms with E-state index in [9.17, 15) is 9.59 Å². The van der Waals surface area contributed by atoms with Gasteiger partial charge < -0.3 is 10.6 Å². The predicted octanol–water partition coefficient (Wildman–Crippen LogP) is 4.80. The third-order valence-electron chi connectivity index (χ3n) is 4.90. The number of hydrogen-bond acceptors (Lipinski definition) is 5. The lowest BCUT2D eigenvalue weighted by atomic mass is 10.2. The third-order valence-corrected chi connectivity index (χ3v) is 6.24. The minimum atomic E-state index is -0.148. The average Bonchev–Trinajstić information content (AvgIpc) is 3.49. The van der Waals surface area contributed by atoms with Crippen LogP contribution in [0.2, 0.25) is 5.02 Å². The monoisotopic (exact) mass is 455 g/mol. The number of anilines is 2. The van der Waals surface area contributed by atoms with Gasteiger partial charge in [0.05, 0.1) is 11.4 Å². The Morgan fingerprint density at radius 2 is 1.94 bits per heavy atom. The molecule has 2 N–H and O–H groups in total. The van der Waals surface area contributed by atoms with Crippen molar-refractivity contribution in [2.75, 3.05) is 16.4 Å². The molecule has 31 heavy (non-hydrogen) atoms. The summed E-state index contributed by atoms with van der Waals surface area (Å²) in [5.74, 6) is 1.15. The first kappa shape index (κ1) is 21.4. The minimum absolute atomic E-state index is 0.133. The standard InChI is InChI=1S/C22H22ClN5O2S/c1-13-18(23)7-4-8-19(13)25-20(30)12-31-22-27-26-21(15-9-10-15)28(22)17-6-3-5-16(11-17)24-14(2)29/h3-8,11,15H,9-10,12H2,1-2H3,(H,24,29)(H,25,30). The van der Waals surface area contributed by atoms with Crippen LogP contribution in [0.15, 0.2) is 47.6 Å². The molecule has 9 heteroatoms. The number of carbonyl (C=O) groups excluding carboxylic acids is 2. The lowest BCUT2D eigenvalue weighted by Crippen LogP contribution is -2.15. The van der Waals surface area contributed by atoms with Crippen molar-refractivity contribution in [1.29, 1.82) is 0 Å². The van der Waals surface area contributed by atoms with Gasteiger partial charge in [-0.05, 0) is 55.7 Å². The summed E-state index contributed by atoms with van der Waals surface area (Å²) in [6, 6.07) is 13.0. The Bertz CT molecular complexity index is 1140. The van der Waals surface area contributed by atoms with Crippen LogP contribution in [0, 0.1) is 6.92 Å². The second kappa shape index (κ2) is 9.11. The van der Waals surface area contributed by atoms with Crippen molar-refractivity contribution < 1.29 is 9.59 Å². The maximum absolute atomic E-state index is 12.5. The molecule has 1 aromatic heterocycles. The highest BCUT2D eigenvalue weighted by molar-refractivity contribution is 7.99. The molecule has 7 nitrogen and oxygen atoms in total. The van der Waals surface area contributed by atoms with Crippen LogP contribution in [0.5, 0.6) is 0 Å². The summed E-state index contributed by atoms with van der Waals surface area (Å²) in [6.07, 6.45) is 2.14. The zero-order valence-electron chi connectivity index (χ0n) is 17.2. The molecule has 0 atom stereocenters. The Morgan fingerprint density at radius 3 is 2.68 bits per heavy atom. The molecule has 4 rings (SSSR count). The number of hydrogen-bond donors (Lipinski definition) is 2. The molecule has 2 amide bonds. The second-order valence-electron chi connectivity index (χ2n) is 7.43. The van der Waals surface area contributed by atoms with Gasteiger partial charge >= 0.3 is 0 Å². The van der Waals surface area contributed by atoms with E-state index in [4.69, 9.17) is 11.6 Å². The summed E-state index contributed by atoms with van der Waals surface area (Å²) in [6.45, 7) is 3.34. The Kier molecular flexibility index (Phi) is 6.29. The summed E-state index contributed by atoms with van der Waals surface area (Å²) in [7, 11) is 0. The smallest absolute Gasteiger partial charge is 0.234 e. The Labute approximate surface area is 189 Å². The highest BCUT2D eigenvalue weighted by Gasteiger charge is 2.31. The summed E-state index contributed by atoms with van der Waals surface area (Å²) >= 11 is 7.46. The maximum Gasteiger partial charge on any atom is 0.234 e. The molecule has 0 radical (unpaired) electrons. The van der Waals surface area contributed by atoms with Crippen LogP contribution in [0.3, 0.4) is 0 Å². The van der Waals surface area contributed by atoms with Crippen LogP contribution >= 0.6 is 23.4 Å². The highest BCUT2D eigenvalue weighted by atomic mass is 35.5. The summed E-state index contributed by atoms with van der Waals surface area (Å²) in [5, 5.41) is 15.7. The third kappa shape index (κ3) is 5.08. The quantitative estimate of drug-likeness (QED) is 0.500. The number of thioether (sulfide) groups is 1. The SMILES string of the molecule is CC(=O)Nc1cccc(-n2c(SCC(=O)Nc3cccc(Cl)c3C)nnc2C2CC2)c1. The topological polar surface area (TPSA) is 88.9 Å². The van der Waals surface area contributed by atoms with E-state index in [-0.39, 0.29) is 17.6 Å². The minimum Gasteiger partial charge on any atom is -0.326 e. The Balaban J connectivity index is 1.54. The molecule has 0 aliphatic heterocycles. The van der Waals surface area contributed by atoms with Gasteiger partial charge in [-0.1, -0.05) is 35.5 Å². The number of rotatable bonds is 7. The Morgan fingerprint density at radius 1 is 1.16 bits per heavy atom. The molecule has 0 spiro atoms. The van der Waals surface area contributed by atoms with Gasteiger partial charge in [-0.25, -0.2) is 0 Å². The largest absolute Gasteiger partial charge is 0.326 e. The van der Waals surface area contributed by atoms with Crippen LogP contribution in [0.1, 0.15) is 37.1 Å². The molecule has 0 bridgehead atoms. The highest BCUT2D eigenvalue weighted by Crippen LogP contribution is 2.41.